The summed E-state index contributed by atoms with van der Waals surface area (Å²) in [6, 6.07) is 3.15. The van der Waals surface area contributed by atoms with Crippen LogP contribution in [0, 0.1) is 17.2 Å². The molecule has 0 radical (unpaired) electrons. The molecule has 1 aromatic rings. The van der Waals surface area contributed by atoms with Gasteiger partial charge >= 0.3 is 5.97 Å². The number of anilines is 1. The monoisotopic (exact) mass is 305 g/mol. The van der Waals surface area contributed by atoms with Crippen LogP contribution in [-0.4, -0.2) is 28.1 Å². The molecule has 3 rings (SSSR count). The van der Waals surface area contributed by atoms with Gasteiger partial charge in [0.2, 0.25) is 0 Å². The number of carbonyl (C=O) groups is 1. The highest BCUT2D eigenvalue weighted by atomic mass is 35.5. The molecular formula is C15H16ClN3O2. The number of aromatic nitrogens is 1. The molecule has 1 aromatic heterocycles. The van der Waals surface area contributed by atoms with Crippen LogP contribution in [0.4, 0.5) is 5.82 Å². The van der Waals surface area contributed by atoms with Crippen LogP contribution in [-0.2, 0) is 4.79 Å². The average Bonchev–Trinajstić information content (AvgIpc) is 2.87. The van der Waals surface area contributed by atoms with Crippen LogP contribution in [0.3, 0.4) is 0 Å². The molecule has 3 unspecified atom stereocenters. The molecule has 5 nitrogen and oxygen atoms in total. The van der Waals surface area contributed by atoms with Crippen LogP contribution >= 0.6 is 11.6 Å². The maximum absolute atomic E-state index is 11.6. The van der Waals surface area contributed by atoms with Crippen molar-refractivity contribution in [2.75, 3.05) is 4.90 Å². The smallest absolute Gasteiger partial charge is 0.326 e. The molecule has 2 heterocycles. The molecule has 1 saturated heterocycles. The van der Waals surface area contributed by atoms with Gasteiger partial charge in [-0.15, -0.1) is 0 Å². The van der Waals surface area contributed by atoms with Gasteiger partial charge < -0.3 is 10.0 Å². The highest BCUT2D eigenvalue weighted by molar-refractivity contribution is 6.34. The Kier molecular flexibility index (Phi) is 3.73. The number of hydrogen-bond donors (Lipinski definition) is 1. The number of fused-ring (bicyclic) bond motifs is 1. The Bertz CT molecular complexity index is 613. The third-order valence-electron chi connectivity index (χ3n) is 4.61. The van der Waals surface area contributed by atoms with Gasteiger partial charge in [-0.3, -0.25) is 0 Å². The third kappa shape index (κ3) is 2.34. The van der Waals surface area contributed by atoms with Gasteiger partial charge in [-0.05, 0) is 31.2 Å². The van der Waals surface area contributed by atoms with Crippen LogP contribution in [0.1, 0.15) is 37.7 Å². The van der Waals surface area contributed by atoms with Crippen molar-refractivity contribution in [1.82, 2.24) is 4.98 Å². The minimum atomic E-state index is -0.843. The van der Waals surface area contributed by atoms with Crippen molar-refractivity contribution in [3.63, 3.8) is 0 Å². The van der Waals surface area contributed by atoms with E-state index in [0.29, 0.717) is 23.7 Å². The van der Waals surface area contributed by atoms with Crippen LogP contribution in [0.5, 0.6) is 0 Å². The zero-order valence-electron chi connectivity index (χ0n) is 11.5. The predicted octanol–water partition coefficient (Wildman–Crippen LogP) is 2.83. The van der Waals surface area contributed by atoms with Crippen LogP contribution < -0.4 is 4.90 Å². The average molecular weight is 306 g/mol. The maximum atomic E-state index is 11.6. The highest BCUT2D eigenvalue weighted by Crippen LogP contribution is 2.43. The maximum Gasteiger partial charge on any atom is 0.326 e. The van der Waals surface area contributed by atoms with Gasteiger partial charge in [0.15, 0.2) is 0 Å². The van der Waals surface area contributed by atoms with Gasteiger partial charge in [0.05, 0.1) is 5.56 Å². The molecule has 0 aromatic carbocycles. The molecule has 110 valence electrons. The van der Waals surface area contributed by atoms with Crippen molar-refractivity contribution < 1.29 is 9.90 Å². The first-order valence-corrected chi connectivity index (χ1v) is 7.57. The van der Waals surface area contributed by atoms with Gasteiger partial charge in [-0.25, -0.2) is 9.78 Å². The van der Waals surface area contributed by atoms with Crippen molar-refractivity contribution in [2.24, 2.45) is 5.92 Å². The molecule has 1 saturated carbocycles. The second-order valence-corrected chi connectivity index (χ2v) is 6.09. The first-order chi connectivity index (χ1) is 10.1. The number of rotatable bonds is 2. The Labute approximate surface area is 128 Å². The number of halogens is 1. The van der Waals surface area contributed by atoms with E-state index in [0.717, 1.165) is 25.7 Å². The normalized spacial score (nSPS) is 28.0. The lowest BCUT2D eigenvalue weighted by molar-refractivity contribution is -0.138. The van der Waals surface area contributed by atoms with Crippen LogP contribution in [0.2, 0.25) is 5.02 Å². The Morgan fingerprint density at radius 1 is 1.48 bits per heavy atom. The molecule has 1 aliphatic heterocycles. The Balaban J connectivity index is 2.05. The second-order valence-electron chi connectivity index (χ2n) is 5.72. The quantitative estimate of drug-likeness (QED) is 0.909. The zero-order valence-corrected chi connectivity index (χ0v) is 12.3. The molecule has 1 N–H and O–H groups in total. The van der Waals surface area contributed by atoms with Crippen molar-refractivity contribution in [2.45, 2.75) is 44.2 Å². The summed E-state index contributed by atoms with van der Waals surface area (Å²) >= 11 is 6.27. The van der Waals surface area contributed by atoms with E-state index in [4.69, 9.17) is 16.9 Å². The standard InChI is InChI=1S/C15H16ClN3O2/c16-13-10(8-17)5-6-18-14(13)19-11-4-2-1-3-9(11)7-12(19)15(20)21/h5-6,9,11-12H,1-4,7H2,(H,20,21). The lowest BCUT2D eigenvalue weighted by atomic mass is 9.85. The largest absolute Gasteiger partial charge is 0.480 e. The second kappa shape index (κ2) is 5.53. The zero-order chi connectivity index (χ0) is 15.0. The minimum absolute atomic E-state index is 0.166. The first-order valence-electron chi connectivity index (χ1n) is 7.19. The fraction of sp³-hybridized carbons (Fsp3) is 0.533. The lowest BCUT2D eigenvalue weighted by Gasteiger charge is -2.34. The third-order valence-corrected chi connectivity index (χ3v) is 4.98. The van der Waals surface area contributed by atoms with E-state index in [1.54, 1.807) is 6.07 Å². The first kappa shape index (κ1) is 14.2. The summed E-state index contributed by atoms with van der Waals surface area (Å²) in [5.41, 5.74) is 0.338. The van der Waals surface area contributed by atoms with Crippen molar-refractivity contribution in [3.8, 4) is 6.07 Å². The molecule has 3 atom stereocenters. The molecular weight excluding hydrogens is 290 g/mol. The molecule has 0 bridgehead atoms. The van der Waals surface area contributed by atoms with E-state index in [1.165, 1.54) is 6.20 Å². The molecule has 0 amide bonds. The number of hydrogen-bond acceptors (Lipinski definition) is 4. The molecule has 21 heavy (non-hydrogen) atoms. The summed E-state index contributed by atoms with van der Waals surface area (Å²) in [5, 5.41) is 18.9. The number of nitrogens with zero attached hydrogens (tertiary/aromatic N) is 3. The van der Waals surface area contributed by atoms with E-state index in [9.17, 15) is 9.90 Å². The fourth-order valence-corrected chi connectivity index (χ4v) is 3.94. The number of aliphatic carboxylic acids is 1. The van der Waals surface area contributed by atoms with E-state index < -0.39 is 12.0 Å². The van der Waals surface area contributed by atoms with E-state index in [1.807, 2.05) is 11.0 Å². The minimum Gasteiger partial charge on any atom is -0.480 e. The van der Waals surface area contributed by atoms with E-state index in [-0.39, 0.29) is 11.1 Å². The summed E-state index contributed by atoms with van der Waals surface area (Å²) < 4.78 is 0. The Morgan fingerprint density at radius 2 is 2.24 bits per heavy atom. The molecule has 1 aliphatic carbocycles. The summed E-state index contributed by atoms with van der Waals surface area (Å²) in [4.78, 5) is 17.7. The van der Waals surface area contributed by atoms with Gasteiger partial charge in [-0.1, -0.05) is 24.4 Å². The Morgan fingerprint density at radius 3 is 2.95 bits per heavy atom. The summed E-state index contributed by atoms with van der Waals surface area (Å²) in [7, 11) is 0. The van der Waals surface area contributed by atoms with Gasteiger partial charge in [-0.2, -0.15) is 5.26 Å². The van der Waals surface area contributed by atoms with E-state index in [2.05, 4.69) is 4.98 Å². The summed E-state index contributed by atoms with van der Waals surface area (Å²) in [5.74, 6) is -0.0226. The Hall–Kier alpha value is -1.80. The van der Waals surface area contributed by atoms with Gasteiger partial charge in [0, 0.05) is 12.2 Å². The fourth-order valence-electron chi connectivity index (χ4n) is 3.68. The molecule has 2 aliphatic rings. The van der Waals surface area contributed by atoms with Crippen molar-refractivity contribution in [3.05, 3.63) is 22.8 Å². The lowest BCUT2D eigenvalue weighted by Crippen LogP contribution is -2.43. The van der Waals surface area contributed by atoms with Crippen molar-refractivity contribution in [1.29, 1.82) is 5.26 Å². The highest BCUT2D eigenvalue weighted by Gasteiger charge is 2.46. The molecule has 2 fully saturated rings. The van der Waals surface area contributed by atoms with Gasteiger partial charge in [0.1, 0.15) is 23.0 Å². The topological polar surface area (TPSA) is 77.2 Å². The number of carboxylic acids is 1. The van der Waals surface area contributed by atoms with Crippen LogP contribution in [0.25, 0.3) is 0 Å². The number of pyridine rings is 1. The molecule has 0 spiro atoms. The predicted molar refractivity (Wildman–Crippen MR) is 78.2 cm³/mol. The van der Waals surface area contributed by atoms with Crippen LogP contribution in [0.15, 0.2) is 12.3 Å². The molecule has 6 heteroatoms. The van der Waals surface area contributed by atoms with Crippen molar-refractivity contribution >= 4 is 23.4 Å². The summed E-state index contributed by atoms with van der Waals surface area (Å²) in [6.07, 6.45) is 6.42. The number of nitriles is 1. The van der Waals surface area contributed by atoms with Gasteiger partial charge in [0.25, 0.3) is 0 Å². The summed E-state index contributed by atoms with van der Waals surface area (Å²) in [6.45, 7) is 0. The SMILES string of the molecule is N#Cc1ccnc(N2C(C(=O)O)CC3CCCCC32)c1Cl. The van der Waals surface area contributed by atoms with E-state index >= 15 is 0 Å². The number of carboxylic acid groups (broad SMARTS) is 1.